The van der Waals surface area contributed by atoms with E-state index in [0.717, 1.165) is 49.8 Å². The fraction of sp³-hybridized carbons (Fsp3) is 0.591. The number of benzene rings is 1. The van der Waals surface area contributed by atoms with Gasteiger partial charge >= 0.3 is 0 Å². The summed E-state index contributed by atoms with van der Waals surface area (Å²) < 4.78 is 0. The molecule has 0 unspecified atom stereocenters. The van der Waals surface area contributed by atoms with Crippen LogP contribution in [0.5, 0.6) is 0 Å². The summed E-state index contributed by atoms with van der Waals surface area (Å²) in [4.78, 5) is 36.4. The van der Waals surface area contributed by atoms with Crippen molar-refractivity contribution < 1.29 is 14.4 Å². The number of hydrogen-bond donors (Lipinski definition) is 1. The molecule has 1 N–H and O–H groups in total. The third-order valence-electron chi connectivity index (χ3n) is 5.11. The number of anilines is 1. The summed E-state index contributed by atoms with van der Waals surface area (Å²) in [5.41, 5.74) is 1.99. The van der Waals surface area contributed by atoms with Crippen LogP contribution in [0.1, 0.15) is 76.2 Å². The molecule has 1 aromatic rings. The smallest absolute Gasteiger partial charge is 0.229 e. The number of likely N-dealkylation sites (tertiary alicyclic amines) is 1. The molecule has 0 aliphatic carbocycles. The molecule has 1 saturated heterocycles. The minimum absolute atomic E-state index is 0.00791. The molecule has 3 amide bonds. The number of nitrogens with one attached hydrogen (secondary N) is 1. The summed E-state index contributed by atoms with van der Waals surface area (Å²) in [5, 5.41) is 2.97. The number of carbonyl (C=O) groups excluding carboxylic acids is 3. The van der Waals surface area contributed by atoms with Crippen LogP contribution in [0.25, 0.3) is 0 Å². The lowest BCUT2D eigenvalue weighted by atomic mass is 10.1. The molecule has 27 heavy (non-hydrogen) atoms. The van der Waals surface area contributed by atoms with E-state index in [0.29, 0.717) is 25.8 Å². The van der Waals surface area contributed by atoms with Crippen molar-refractivity contribution >= 4 is 23.4 Å². The van der Waals surface area contributed by atoms with Gasteiger partial charge < -0.3 is 5.32 Å². The molecule has 1 aliphatic rings. The molecule has 5 heteroatoms. The maximum absolute atomic E-state index is 12.0. The largest absolute Gasteiger partial charge is 0.326 e. The van der Waals surface area contributed by atoms with E-state index in [1.54, 1.807) is 0 Å². The van der Waals surface area contributed by atoms with Gasteiger partial charge in [-0.25, -0.2) is 0 Å². The third kappa shape index (κ3) is 7.53. The van der Waals surface area contributed by atoms with Gasteiger partial charge in [0.15, 0.2) is 0 Å². The number of imide groups is 1. The van der Waals surface area contributed by atoms with Gasteiger partial charge in [0.1, 0.15) is 0 Å². The Labute approximate surface area is 162 Å². The molecule has 0 spiro atoms. The van der Waals surface area contributed by atoms with Gasteiger partial charge in [0.05, 0.1) is 0 Å². The first-order chi connectivity index (χ1) is 13.1. The summed E-state index contributed by atoms with van der Waals surface area (Å²) in [6.45, 7) is 2.59. The first-order valence-electron chi connectivity index (χ1n) is 10.3. The van der Waals surface area contributed by atoms with Gasteiger partial charge in [-0.3, -0.25) is 19.3 Å². The zero-order valence-electron chi connectivity index (χ0n) is 16.5. The summed E-state index contributed by atoms with van der Waals surface area (Å²) in [6, 6.07) is 7.83. The predicted molar refractivity (Wildman–Crippen MR) is 107 cm³/mol. The van der Waals surface area contributed by atoms with Gasteiger partial charge in [-0.15, -0.1) is 0 Å². The van der Waals surface area contributed by atoms with E-state index < -0.39 is 0 Å². The highest BCUT2D eigenvalue weighted by molar-refractivity contribution is 6.01. The fourth-order valence-corrected chi connectivity index (χ4v) is 3.41. The highest BCUT2D eigenvalue weighted by Crippen LogP contribution is 2.16. The number of hydrogen-bond acceptors (Lipinski definition) is 3. The Morgan fingerprint density at radius 2 is 1.44 bits per heavy atom. The first-order valence-corrected chi connectivity index (χ1v) is 10.3. The van der Waals surface area contributed by atoms with Gasteiger partial charge in [0, 0.05) is 31.5 Å². The van der Waals surface area contributed by atoms with E-state index >= 15 is 0 Å². The molecule has 0 saturated carbocycles. The van der Waals surface area contributed by atoms with Crippen LogP contribution in [0.2, 0.25) is 0 Å². The Morgan fingerprint density at radius 1 is 0.889 bits per heavy atom. The van der Waals surface area contributed by atoms with Crippen molar-refractivity contribution in [3.05, 3.63) is 29.8 Å². The zero-order valence-corrected chi connectivity index (χ0v) is 16.5. The molecular formula is C22H32N2O3. The molecule has 0 bridgehead atoms. The van der Waals surface area contributed by atoms with Gasteiger partial charge in [-0.1, -0.05) is 56.7 Å². The summed E-state index contributed by atoms with van der Waals surface area (Å²) in [5.74, 6) is 0.0771. The van der Waals surface area contributed by atoms with E-state index in [1.807, 2.05) is 31.2 Å². The highest BCUT2D eigenvalue weighted by atomic mass is 16.2. The minimum atomic E-state index is -0.00791. The van der Waals surface area contributed by atoms with Crippen molar-refractivity contribution in [2.45, 2.75) is 77.6 Å². The van der Waals surface area contributed by atoms with E-state index in [2.05, 4.69) is 5.32 Å². The second-order valence-electron chi connectivity index (χ2n) is 7.38. The molecule has 1 fully saturated rings. The van der Waals surface area contributed by atoms with Crippen molar-refractivity contribution in [3.63, 3.8) is 0 Å². The number of rotatable bonds is 12. The van der Waals surface area contributed by atoms with Crippen LogP contribution in [0, 0.1) is 6.92 Å². The average Bonchev–Trinajstić information content (AvgIpc) is 2.97. The standard InChI is InChI=1S/C22H32N2O3/c1-18-12-9-10-13-19(18)23-20(25)14-8-6-4-2-3-5-7-11-17-24-21(26)15-16-22(24)27/h9-10,12-13H,2-8,11,14-17H2,1H3,(H,23,25). The Bertz CT molecular complexity index is 626. The fourth-order valence-electron chi connectivity index (χ4n) is 3.41. The molecule has 0 atom stereocenters. The second kappa shape index (κ2) is 11.5. The van der Waals surface area contributed by atoms with Crippen molar-refractivity contribution in [1.82, 2.24) is 4.90 Å². The van der Waals surface area contributed by atoms with Crippen LogP contribution >= 0.6 is 0 Å². The second-order valence-corrected chi connectivity index (χ2v) is 7.38. The van der Waals surface area contributed by atoms with Crippen LogP contribution in [0.4, 0.5) is 5.69 Å². The summed E-state index contributed by atoms with van der Waals surface area (Å²) >= 11 is 0. The van der Waals surface area contributed by atoms with Gasteiger partial charge in [0.25, 0.3) is 0 Å². The van der Waals surface area contributed by atoms with Crippen LogP contribution in [0.3, 0.4) is 0 Å². The van der Waals surface area contributed by atoms with Crippen LogP contribution in [-0.2, 0) is 14.4 Å². The molecule has 5 nitrogen and oxygen atoms in total. The monoisotopic (exact) mass is 372 g/mol. The van der Waals surface area contributed by atoms with Gasteiger partial charge in [-0.2, -0.15) is 0 Å². The topological polar surface area (TPSA) is 66.5 Å². The lowest BCUT2D eigenvalue weighted by molar-refractivity contribution is -0.138. The zero-order chi connectivity index (χ0) is 19.5. The molecule has 0 aromatic heterocycles. The third-order valence-corrected chi connectivity index (χ3v) is 5.11. The normalized spacial score (nSPS) is 14.0. The van der Waals surface area contributed by atoms with Gasteiger partial charge in [0.2, 0.25) is 17.7 Å². The van der Waals surface area contributed by atoms with Crippen LogP contribution in [-0.4, -0.2) is 29.2 Å². The molecule has 1 aromatic carbocycles. The lowest BCUT2D eigenvalue weighted by Gasteiger charge is -2.13. The minimum Gasteiger partial charge on any atom is -0.326 e. The van der Waals surface area contributed by atoms with Crippen molar-refractivity contribution in [2.24, 2.45) is 0 Å². The SMILES string of the molecule is Cc1ccccc1NC(=O)CCCCCCCCCCN1C(=O)CCC1=O. The Hall–Kier alpha value is -2.17. The molecule has 148 valence electrons. The number of nitrogens with zero attached hydrogens (tertiary/aromatic N) is 1. The van der Waals surface area contributed by atoms with E-state index in [4.69, 9.17) is 0 Å². The Kier molecular flexibility index (Phi) is 9.02. The van der Waals surface area contributed by atoms with Crippen molar-refractivity contribution in [1.29, 1.82) is 0 Å². The molecule has 1 aliphatic heterocycles. The predicted octanol–water partition coefficient (Wildman–Crippen LogP) is 4.59. The van der Waals surface area contributed by atoms with E-state index in [1.165, 1.54) is 17.7 Å². The number of para-hydroxylation sites is 1. The van der Waals surface area contributed by atoms with Gasteiger partial charge in [-0.05, 0) is 31.4 Å². The maximum Gasteiger partial charge on any atom is 0.229 e. The molecular weight excluding hydrogens is 340 g/mol. The van der Waals surface area contributed by atoms with E-state index in [-0.39, 0.29) is 17.7 Å². The Morgan fingerprint density at radius 3 is 2.07 bits per heavy atom. The number of carbonyl (C=O) groups is 3. The van der Waals surface area contributed by atoms with Crippen molar-refractivity contribution in [3.8, 4) is 0 Å². The van der Waals surface area contributed by atoms with E-state index in [9.17, 15) is 14.4 Å². The highest BCUT2D eigenvalue weighted by Gasteiger charge is 2.27. The van der Waals surface area contributed by atoms with Crippen molar-refractivity contribution in [2.75, 3.05) is 11.9 Å². The number of unbranched alkanes of at least 4 members (excludes halogenated alkanes) is 7. The lowest BCUT2D eigenvalue weighted by Crippen LogP contribution is -2.29. The van der Waals surface area contributed by atoms with Crippen LogP contribution < -0.4 is 5.32 Å². The average molecular weight is 373 g/mol. The summed E-state index contributed by atoms with van der Waals surface area (Å²) in [6.07, 6.45) is 10.0. The Balaban J connectivity index is 1.41. The maximum atomic E-state index is 12.0. The summed E-state index contributed by atoms with van der Waals surface area (Å²) in [7, 11) is 0. The number of aryl methyl sites for hydroxylation is 1. The quantitative estimate of drug-likeness (QED) is 0.431. The molecule has 2 rings (SSSR count). The number of amides is 3. The molecule has 1 heterocycles. The molecule has 0 radical (unpaired) electrons. The van der Waals surface area contributed by atoms with Crippen LogP contribution in [0.15, 0.2) is 24.3 Å². The first kappa shape index (κ1) is 21.1.